The Kier molecular flexibility index (Phi) is 6.06. The second kappa shape index (κ2) is 7.31. The van der Waals surface area contributed by atoms with Crippen molar-refractivity contribution in [3.63, 3.8) is 0 Å². The molecule has 4 nitrogen and oxygen atoms in total. The van der Waals surface area contributed by atoms with Gasteiger partial charge >= 0.3 is 5.69 Å². The van der Waals surface area contributed by atoms with E-state index in [9.17, 15) is 9.59 Å². The molecule has 1 aromatic heterocycles. The van der Waals surface area contributed by atoms with Gasteiger partial charge in [0.25, 0.3) is 5.56 Å². The Morgan fingerprint density at radius 3 is 2.42 bits per heavy atom. The molecule has 1 unspecified atom stereocenters. The lowest BCUT2D eigenvalue weighted by Gasteiger charge is -2.31. The average Bonchev–Trinajstić information content (AvgIpc) is 2.35. The first-order valence-corrected chi connectivity index (χ1v) is 7.36. The zero-order valence-corrected chi connectivity index (χ0v) is 12.4. The van der Waals surface area contributed by atoms with E-state index in [1.54, 1.807) is 10.8 Å². The molecule has 0 amide bonds. The van der Waals surface area contributed by atoms with Crippen molar-refractivity contribution < 1.29 is 0 Å². The molecule has 0 bridgehead atoms. The van der Waals surface area contributed by atoms with E-state index in [0.717, 1.165) is 25.7 Å². The van der Waals surface area contributed by atoms with Crippen LogP contribution in [0, 0.1) is 0 Å². The molecule has 1 rings (SSSR count). The molecule has 4 heteroatoms. The molecule has 0 saturated carbocycles. The van der Waals surface area contributed by atoms with Gasteiger partial charge < -0.3 is 0 Å². The first kappa shape index (κ1) is 15.7. The summed E-state index contributed by atoms with van der Waals surface area (Å²) in [5, 5.41) is 0. The molecular formula is C15H26N2O2. The number of nitrogens with one attached hydrogen (secondary N) is 1. The van der Waals surface area contributed by atoms with Crippen LogP contribution in [0.5, 0.6) is 0 Å². The summed E-state index contributed by atoms with van der Waals surface area (Å²) in [6, 6.07) is 1.43. The van der Waals surface area contributed by atoms with E-state index in [0.29, 0.717) is 0 Å². The monoisotopic (exact) mass is 266 g/mol. The SMILES string of the molecule is CCCCCCC(C)(CCC)n1ccc(=O)[nH]c1=O. The molecule has 0 aliphatic heterocycles. The molecular weight excluding hydrogens is 240 g/mol. The predicted molar refractivity (Wildman–Crippen MR) is 78.6 cm³/mol. The van der Waals surface area contributed by atoms with E-state index in [-0.39, 0.29) is 16.8 Å². The van der Waals surface area contributed by atoms with E-state index in [2.05, 4.69) is 25.8 Å². The summed E-state index contributed by atoms with van der Waals surface area (Å²) in [5.41, 5.74) is -0.811. The maximum absolute atomic E-state index is 12.0. The van der Waals surface area contributed by atoms with E-state index < -0.39 is 0 Å². The number of hydrogen-bond donors (Lipinski definition) is 1. The Morgan fingerprint density at radius 1 is 1.11 bits per heavy atom. The number of unbranched alkanes of at least 4 members (excludes halogenated alkanes) is 3. The van der Waals surface area contributed by atoms with Crippen LogP contribution in [0.1, 0.15) is 65.7 Å². The van der Waals surface area contributed by atoms with Crippen LogP contribution in [0.4, 0.5) is 0 Å². The van der Waals surface area contributed by atoms with Gasteiger partial charge in [-0.05, 0) is 19.8 Å². The fraction of sp³-hybridized carbons (Fsp3) is 0.733. The minimum absolute atomic E-state index is 0.191. The summed E-state index contributed by atoms with van der Waals surface area (Å²) in [7, 11) is 0. The first-order chi connectivity index (χ1) is 9.03. The maximum Gasteiger partial charge on any atom is 0.328 e. The Morgan fingerprint density at radius 2 is 1.84 bits per heavy atom. The van der Waals surface area contributed by atoms with Gasteiger partial charge in [0.05, 0.1) is 0 Å². The number of aromatic nitrogens is 2. The number of rotatable bonds is 8. The van der Waals surface area contributed by atoms with Gasteiger partial charge in [0.2, 0.25) is 0 Å². The third-order valence-electron chi connectivity index (χ3n) is 3.76. The third-order valence-corrected chi connectivity index (χ3v) is 3.76. The first-order valence-electron chi connectivity index (χ1n) is 7.36. The fourth-order valence-corrected chi connectivity index (χ4v) is 2.68. The highest BCUT2D eigenvalue weighted by Crippen LogP contribution is 2.27. The maximum atomic E-state index is 12.0. The third kappa shape index (κ3) is 4.37. The van der Waals surface area contributed by atoms with Crippen LogP contribution < -0.4 is 11.2 Å². The summed E-state index contributed by atoms with van der Waals surface area (Å²) in [6.45, 7) is 6.43. The van der Waals surface area contributed by atoms with Gasteiger partial charge in [0.1, 0.15) is 0 Å². The van der Waals surface area contributed by atoms with Crippen LogP contribution in [0.2, 0.25) is 0 Å². The molecule has 19 heavy (non-hydrogen) atoms. The van der Waals surface area contributed by atoms with Gasteiger partial charge in [-0.25, -0.2) is 4.79 Å². The van der Waals surface area contributed by atoms with Crippen molar-refractivity contribution in [1.29, 1.82) is 0 Å². The summed E-state index contributed by atoms with van der Waals surface area (Å²) >= 11 is 0. The summed E-state index contributed by atoms with van der Waals surface area (Å²) in [5.74, 6) is 0. The van der Waals surface area contributed by atoms with Crippen LogP contribution in [0.3, 0.4) is 0 Å². The molecule has 0 aliphatic rings. The second-order valence-electron chi connectivity index (χ2n) is 5.54. The molecule has 0 aliphatic carbocycles. The zero-order valence-electron chi connectivity index (χ0n) is 12.4. The largest absolute Gasteiger partial charge is 0.328 e. The van der Waals surface area contributed by atoms with Gasteiger partial charge in [-0.15, -0.1) is 0 Å². The van der Waals surface area contributed by atoms with Crippen LogP contribution in [0.25, 0.3) is 0 Å². The lowest BCUT2D eigenvalue weighted by atomic mass is 9.89. The Labute approximate surface area is 114 Å². The average molecular weight is 266 g/mol. The van der Waals surface area contributed by atoms with Gasteiger partial charge in [0.15, 0.2) is 0 Å². The fourth-order valence-electron chi connectivity index (χ4n) is 2.68. The zero-order chi connectivity index (χ0) is 14.3. The quantitative estimate of drug-likeness (QED) is 0.735. The van der Waals surface area contributed by atoms with Gasteiger partial charge in [-0.1, -0.05) is 46.0 Å². The standard InChI is InChI=1S/C15H26N2O2/c1-4-6-7-8-11-15(3,10-5-2)17-12-9-13(18)16-14(17)19/h9,12H,4-8,10-11H2,1-3H3,(H,16,18,19). The molecule has 1 N–H and O–H groups in total. The highest BCUT2D eigenvalue weighted by atomic mass is 16.2. The Hall–Kier alpha value is -1.32. The number of nitrogens with zero attached hydrogens (tertiary/aromatic N) is 1. The lowest BCUT2D eigenvalue weighted by molar-refractivity contribution is 0.246. The highest BCUT2D eigenvalue weighted by molar-refractivity contribution is 4.91. The minimum Gasteiger partial charge on any atom is -0.295 e. The van der Waals surface area contributed by atoms with Gasteiger partial charge in [0, 0.05) is 17.8 Å². The highest BCUT2D eigenvalue weighted by Gasteiger charge is 2.25. The molecule has 0 aromatic carbocycles. The minimum atomic E-state index is -0.328. The van der Waals surface area contributed by atoms with Crippen LogP contribution >= 0.6 is 0 Å². The number of hydrogen-bond acceptors (Lipinski definition) is 2. The van der Waals surface area contributed by atoms with E-state index >= 15 is 0 Å². The predicted octanol–water partition coefficient (Wildman–Crippen LogP) is 3.02. The van der Waals surface area contributed by atoms with E-state index in [1.807, 2.05) is 0 Å². The topological polar surface area (TPSA) is 54.9 Å². The summed E-state index contributed by atoms with van der Waals surface area (Å²) < 4.78 is 1.70. The molecule has 108 valence electrons. The lowest BCUT2D eigenvalue weighted by Crippen LogP contribution is -2.41. The Balaban J connectivity index is 2.90. The normalized spacial score (nSPS) is 14.3. The smallest absolute Gasteiger partial charge is 0.295 e. The summed E-state index contributed by atoms with van der Waals surface area (Å²) in [6.07, 6.45) is 9.36. The van der Waals surface area contributed by atoms with E-state index in [4.69, 9.17) is 0 Å². The van der Waals surface area contributed by atoms with Crippen molar-refractivity contribution in [2.45, 2.75) is 71.3 Å². The van der Waals surface area contributed by atoms with Crippen LogP contribution in [-0.4, -0.2) is 9.55 Å². The van der Waals surface area contributed by atoms with Crippen molar-refractivity contribution in [1.82, 2.24) is 9.55 Å². The number of H-pyrrole nitrogens is 1. The van der Waals surface area contributed by atoms with Crippen molar-refractivity contribution in [3.05, 3.63) is 33.1 Å². The molecule has 1 aromatic rings. The van der Waals surface area contributed by atoms with Crippen LogP contribution in [-0.2, 0) is 5.54 Å². The molecule has 0 fully saturated rings. The molecule has 0 saturated heterocycles. The van der Waals surface area contributed by atoms with Crippen LogP contribution in [0.15, 0.2) is 21.9 Å². The molecule has 0 spiro atoms. The van der Waals surface area contributed by atoms with Crippen molar-refractivity contribution in [3.8, 4) is 0 Å². The molecule has 0 radical (unpaired) electrons. The van der Waals surface area contributed by atoms with Crippen molar-refractivity contribution in [2.24, 2.45) is 0 Å². The molecule has 1 heterocycles. The van der Waals surface area contributed by atoms with E-state index in [1.165, 1.54) is 25.3 Å². The van der Waals surface area contributed by atoms with Gasteiger partial charge in [-0.2, -0.15) is 0 Å². The number of aromatic amines is 1. The van der Waals surface area contributed by atoms with Gasteiger partial charge in [-0.3, -0.25) is 14.3 Å². The van der Waals surface area contributed by atoms with Crippen molar-refractivity contribution >= 4 is 0 Å². The molecule has 1 atom stereocenters. The Bertz CT molecular complexity index is 489. The van der Waals surface area contributed by atoms with Crippen molar-refractivity contribution in [2.75, 3.05) is 0 Å². The summed E-state index contributed by atoms with van der Waals surface area (Å²) in [4.78, 5) is 25.5. The second-order valence-corrected chi connectivity index (χ2v) is 5.54.